The standard InChI is InChI=1S/C11H22N6O2S/c1-9(11-13-8-14-15-11)16-20(18,19)17-6-4-3-5-10(17)7-12-2/h8-10,12,16H,3-7H2,1-2H3,(H,13,14,15). The number of likely N-dealkylation sites (N-methyl/N-ethyl adjacent to an activating group) is 1. The van der Waals surface area contributed by atoms with Gasteiger partial charge in [-0.15, -0.1) is 0 Å². The molecule has 0 saturated carbocycles. The Balaban J connectivity index is 2.08. The Labute approximate surface area is 119 Å². The Kier molecular flexibility index (Phi) is 5.08. The normalized spacial score (nSPS) is 22.8. The van der Waals surface area contributed by atoms with Gasteiger partial charge < -0.3 is 5.32 Å². The monoisotopic (exact) mass is 302 g/mol. The van der Waals surface area contributed by atoms with E-state index in [0.717, 1.165) is 19.3 Å². The van der Waals surface area contributed by atoms with Crippen molar-refractivity contribution in [3.05, 3.63) is 12.2 Å². The summed E-state index contributed by atoms with van der Waals surface area (Å²) in [6.45, 7) is 2.97. The number of nitrogens with zero attached hydrogens (tertiary/aromatic N) is 3. The van der Waals surface area contributed by atoms with Crippen LogP contribution in [0.2, 0.25) is 0 Å². The first-order valence-corrected chi connectivity index (χ1v) is 8.27. The van der Waals surface area contributed by atoms with Crippen LogP contribution in [0.1, 0.15) is 38.1 Å². The Morgan fingerprint density at radius 1 is 1.55 bits per heavy atom. The van der Waals surface area contributed by atoms with Gasteiger partial charge in [-0.3, -0.25) is 5.10 Å². The predicted octanol–water partition coefficient (Wildman–Crippen LogP) is -0.226. The average Bonchev–Trinajstić information content (AvgIpc) is 2.93. The van der Waals surface area contributed by atoms with Gasteiger partial charge in [0.1, 0.15) is 12.2 Å². The molecule has 2 heterocycles. The van der Waals surface area contributed by atoms with Crippen LogP contribution in [0.4, 0.5) is 0 Å². The minimum Gasteiger partial charge on any atom is -0.318 e. The molecule has 1 saturated heterocycles. The average molecular weight is 302 g/mol. The van der Waals surface area contributed by atoms with Crippen molar-refractivity contribution in [3.63, 3.8) is 0 Å². The topological polar surface area (TPSA) is 103 Å². The van der Waals surface area contributed by atoms with Gasteiger partial charge in [-0.25, -0.2) is 4.98 Å². The summed E-state index contributed by atoms with van der Waals surface area (Å²) >= 11 is 0. The molecule has 114 valence electrons. The number of piperidine rings is 1. The molecule has 1 aliphatic heterocycles. The molecule has 1 fully saturated rings. The highest BCUT2D eigenvalue weighted by molar-refractivity contribution is 7.87. The van der Waals surface area contributed by atoms with Gasteiger partial charge in [0.05, 0.1) is 6.04 Å². The van der Waals surface area contributed by atoms with Crippen molar-refractivity contribution in [2.75, 3.05) is 20.1 Å². The molecule has 0 aromatic carbocycles. The molecule has 1 aromatic heterocycles. The van der Waals surface area contributed by atoms with E-state index in [9.17, 15) is 8.42 Å². The summed E-state index contributed by atoms with van der Waals surface area (Å²) in [7, 11) is -1.69. The second-order valence-electron chi connectivity index (χ2n) is 5.03. The van der Waals surface area contributed by atoms with Gasteiger partial charge in [0.2, 0.25) is 0 Å². The van der Waals surface area contributed by atoms with E-state index in [4.69, 9.17) is 0 Å². The van der Waals surface area contributed by atoms with E-state index in [1.807, 2.05) is 7.05 Å². The quantitative estimate of drug-likeness (QED) is 0.674. The molecule has 0 spiro atoms. The fourth-order valence-electron chi connectivity index (χ4n) is 2.50. The van der Waals surface area contributed by atoms with Gasteiger partial charge in [-0.2, -0.15) is 22.5 Å². The molecule has 20 heavy (non-hydrogen) atoms. The molecule has 9 heteroatoms. The lowest BCUT2D eigenvalue weighted by atomic mass is 10.1. The van der Waals surface area contributed by atoms with E-state index in [1.165, 1.54) is 6.33 Å². The second kappa shape index (κ2) is 6.61. The summed E-state index contributed by atoms with van der Waals surface area (Å²) in [5.74, 6) is 0.510. The van der Waals surface area contributed by atoms with E-state index in [-0.39, 0.29) is 6.04 Å². The van der Waals surface area contributed by atoms with E-state index in [0.29, 0.717) is 18.9 Å². The third-order valence-electron chi connectivity index (χ3n) is 3.49. The van der Waals surface area contributed by atoms with Crippen LogP contribution >= 0.6 is 0 Å². The molecule has 2 atom stereocenters. The van der Waals surface area contributed by atoms with E-state index in [2.05, 4.69) is 25.2 Å². The Bertz CT molecular complexity index is 501. The second-order valence-corrected chi connectivity index (χ2v) is 6.69. The molecule has 0 radical (unpaired) electrons. The Morgan fingerprint density at radius 2 is 2.35 bits per heavy atom. The third kappa shape index (κ3) is 3.54. The van der Waals surface area contributed by atoms with Crippen molar-refractivity contribution in [3.8, 4) is 0 Å². The van der Waals surface area contributed by atoms with Gasteiger partial charge in [-0.1, -0.05) is 6.42 Å². The molecule has 0 bridgehead atoms. The number of rotatable bonds is 6. The summed E-state index contributed by atoms with van der Waals surface area (Å²) < 4.78 is 29.2. The van der Waals surface area contributed by atoms with Crippen LogP contribution in [0.3, 0.4) is 0 Å². The molecule has 3 N–H and O–H groups in total. The minimum atomic E-state index is -3.52. The summed E-state index contributed by atoms with van der Waals surface area (Å²) in [6.07, 6.45) is 4.22. The van der Waals surface area contributed by atoms with Crippen molar-refractivity contribution >= 4 is 10.2 Å². The molecule has 1 aliphatic rings. The zero-order valence-electron chi connectivity index (χ0n) is 11.8. The first-order chi connectivity index (χ1) is 9.54. The molecule has 2 rings (SSSR count). The summed E-state index contributed by atoms with van der Waals surface area (Å²) in [4.78, 5) is 3.98. The number of H-pyrrole nitrogens is 1. The summed E-state index contributed by atoms with van der Waals surface area (Å²) in [5.41, 5.74) is 0. The van der Waals surface area contributed by atoms with Gasteiger partial charge in [-0.05, 0) is 26.8 Å². The Hall–Kier alpha value is -1.03. The van der Waals surface area contributed by atoms with Crippen LogP contribution in [0.25, 0.3) is 0 Å². The van der Waals surface area contributed by atoms with Gasteiger partial charge in [0.25, 0.3) is 10.2 Å². The maximum Gasteiger partial charge on any atom is 0.280 e. The third-order valence-corrected chi connectivity index (χ3v) is 5.24. The molecule has 0 amide bonds. The Morgan fingerprint density at radius 3 is 3.00 bits per heavy atom. The highest BCUT2D eigenvalue weighted by atomic mass is 32.2. The largest absolute Gasteiger partial charge is 0.318 e. The first-order valence-electron chi connectivity index (χ1n) is 6.83. The lowest BCUT2D eigenvalue weighted by molar-refractivity contribution is 0.245. The minimum absolute atomic E-state index is 0.00757. The maximum absolute atomic E-state index is 12.5. The van der Waals surface area contributed by atoms with Gasteiger partial charge in [0.15, 0.2) is 0 Å². The van der Waals surface area contributed by atoms with Crippen molar-refractivity contribution < 1.29 is 8.42 Å². The molecule has 1 aromatic rings. The zero-order valence-corrected chi connectivity index (χ0v) is 12.7. The van der Waals surface area contributed by atoms with E-state index >= 15 is 0 Å². The number of aromatic nitrogens is 3. The lowest BCUT2D eigenvalue weighted by Gasteiger charge is -2.35. The van der Waals surface area contributed by atoms with E-state index < -0.39 is 16.3 Å². The summed E-state index contributed by atoms with van der Waals surface area (Å²) in [5, 5.41) is 9.47. The van der Waals surface area contributed by atoms with Gasteiger partial charge >= 0.3 is 0 Å². The zero-order chi connectivity index (χ0) is 14.6. The van der Waals surface area contributed by atoms with Gasteiger partial charge in [0, 0.05) is 19.1 Å². The highest BCUT2D eigenvalue weighted by Crippen LogP contribution is 2.20. The molecule has 2 unspecified atom stereocenters. The van der Waals surface area contributed by atoms with Crippen LogP contribution in [-0.2, 0) is 10.2 Å². The molecular weight excluding hydrogens is 280 g/mol. The molecule has 0 aliphatic carbocycles. The van der Waals surface area contributed by atoms with Crippen molar-refractivity contribution in [2.45, 2.75) is 38.3 Å². The number of hydrogen-bond acceptors (Lipinski definition) is 5. The van der Waals surface area contributed by atoms with Crippen LogP contribution in [0.15, 0.2) is 6.33 Å². The fraction of sp³-hybridized carbons (Fsp3) is 0.818. The predicted molar refractivity (Wildman–Crippen MR) is 75.1 cm³/mol. The van der Waals surface area contributed by atoms with E-state index in [1.54, 1.807) is 11.2 Å². The van der Waals surface area contributed by atoms with Crippen molar-refractivity contribution in [1.82, 2.24) is 29.5 Å². The van der Waals surface area contributed by atoms with Crippen LogP contribution in [0, 0.1) is 0 Å². The summed E-state index contributed by atoms with van der Waals surface area (Å²) in [6, 6.07) is -0.423. The smallest absolute Gasteiger partial charge is 0.280 e. The van der Waals surface area contributed by atoms with Crippen LogP contribution in [0.5, 0.6) is 0 Å². The number of nitrogens with one attached hydrogen (secondary N) is 3. The number of hydrogen-bond donors (Lipinski definition) is 3. The van der Waals surface area contributed by atoms with Crippen LogP contribution < -0.4 is 10.0 Å². The fourth-order valence-corrected chi connectivity index (χ4v) is 4.14. The highest BCUT2D eigenvalue weighted by Gasteiger charge is 2.33. The first kappa shape index (κ1) is 15.4. The number of aromatic amines is 1. The van der Waals surface area contributed by atoms with Crippen LogP contribution in [-0.4, -0.2) is 54.1 Å². The maximum atomic E-state index is 12.5. The van der Waals surface area contributed by atoms with Crippen molar-refractivity contribution in [2.24, 2.45) is 0 Å². The SMILES string of the molecule is CNCC1CCCCN1S(=O)(=O)NC(C)c1ncn[nH]1. The van der Waals surface area contributed by atoms with Crippen molar-refractivity contribution in [1.29, 1.82) is 0 Å². The molecule has 8 nitrogen and oxygen atoms in total. The lowest BCUT2D eigenvalue weighted by Crippen LogP contribution is -2.52. The molecular formula is C11H22N6O2S.